The summed E-state index contributed by atoms with van der Waals surface area (Å²) in [6.45, 7) is 6.44. The highest BCUT2D eigenvalue weighted by Gasteiger charge is 2.60. The first-order valence-electron chi connectivity index (χ1n) is 11.7. The van der Waals surface area contributed by atoms with Gasteiger partial charge in [0.15, 0.2) is 0 Å². The number of aliphatic hydroxyl groups excluding tert-OH is 1. The minimum absolute atomic E-state index is 0.0854. The first-order chi connectivity index (χ1) is 15.1. The summed E-state index contributed by atoms with van der Waals surface area (Å²) < 4.78 is 20.8. The summed E-state index contributed by atoms with van der Waals surface area (Å²) >= 11 is 0. The molecule has 0 amide bonds. The first kappa shape index (κ1) is 23.1. The van der Waals surface area contributed by atoms with Crippen molar-refractivity contribution in [2.75, 3.05) is 14.2 Å². The molecule has 0 aromatic carbocycles. The predicted octanol–water partition coefficient (Wildman–Crippen LogP) is 4.78. The molecule has 4 aliphatic rings. The fourth-order valence-corrected chi connectivity index (χ4v) is 7.45. The van der Waals surface area contributed by atoms with Gasteiger partial charge in [0.25, 0.3) is 0 Å². The maximum Gasteiger partial charge on any atom is 0.508 e. The van der Waals surface area contributed by atoms with Gasteiger partial charge < -0.3 is 24.1 Å². The van der Waals surface area contributed by atoms with Crippen molar-refractivity contribution in [1.29, 1.82) is 0 Å². The Morgan fingerprint density at radius 1 is 1.03 bits per heavy atom. The Hall–Kier alpha value is -2.02. The van der Waals surface area contributed by atoms with Gasteiger partial charge in [-0.15, -0.1) is 0 Å². The third kappa shape index (κ3) is 3.53. The molecule has 3 saturated carbocycles. The molecule has 178 valence electrons. The van der Waals surface area contributed by atoms with Crippen LogP contribution in [-0.2, 0) is 18.9 Å². The van der Waals surface area contributed by atoms with Crippen molar-refractivity contribution in [3.8, 4) is 0 Å². The number of fused-ring (bicyclic) bond motifs is 5. The van der Waals surface area contributed by atoms with E-state index in [0.717, 1.165) is 31.3 Å². The van der Waals surface area contributed by atoms with Gasteiger partial charge in [-0.3, -0.25) is 0 Å². The molecule has 0 heterocycles. The normalized spacial score (nSPS) is 41.1. The van der Waals surface area contributed by atoms with E-state index in [9.17, 15) is 14.7 Å². The Labute approximate surface area is 190 Å². The van der Waals surface area contributed by atoms with Crippen molar-refractivity contribution in [1.82, 2.24) is 0 Å². The van der Waals surface area contributed by atoms with E-state index in [1.807, 2.05) is 6.92 Å². The van der Waals surface area contributed by atoms with Gasteiger partial charge in [-0.05, 0) is 55.8 Å². The summed E-state index contributed by atoms with van der Waals surface area (Å²) in [4.78, 5) is 23.9. The number of rotatable bonds is 3. The van der Waals surface area contributed by atoms with E-state index in [1.165, 1.54) is 19.8 Å². The van der Waals surface area contributed by atoms with E-state index in [4.69, 9.17) is 14.2 Å². The number of allylic oxidation sites excluding steroid dienone is 3. The summed E-state index contributed by atoms with van der Waals surface area (Å²) in [6.07, 6.45) is 6.84. The van der Waals surface area contributed by atoms with Crippen LogP contribution in [0.25, 0.3) is 0 Å². The quantitative estimate of drug-likeness (QED) is 0.621. The molecule has 8 atom stereocenters. The van der Waals surface area contributed by atoms with E-state index < -0.39 is 29.9 Å². The van der Waals surface area contributed by atoms with Gasteiger partial charge in [0.1, 0.15) is 12.2 Å². The predicted molar refractivity (Wildman–Crippen MR) is 117 cm³/mol. The lowest BCUT2D eigenvalue weighted by Crippen LogP contribution is -2.54. The van der Waals surface area contributed by atoms with Crippen molar-refractivity contribution in [3.63, 3.8) is 0 Å². The third-order valence-corrected chi connectivity index (χ3v) is 9.09. The summed E-state index contributed by atoms with van der Waals surface area (Å²) in [5.74, 6) is 0.958. The van der Waals surface area contributed by atoms with Crippen LogP contribution >= 0.6 is 0 Å². The van der Waals surface area contributed by atoms with Gasteiger partial charge in [-0.25, -0.2) is 9.59 Å². The smallest absolute Gasteiger partial charge is 0.438 e. The molecule has 32 heavy (non-hydrogen) atoms. The van der Waals surface area contributed by atoms with Gasteiger partial charge in [-0.1, -0.05) is 37.1 Å². The molecule has 3 fully saturated rings. The molecule has 0 aliphatic heterocycles. The van der Waals surface area contributed by atoms with Crippen molar-refractivity contribution in [2.45, 2.75) is 77.6 Å². The molecule has 0 bridgehead atoms. The summed E-state index contributed by atoms with van der Waals surface area (Å²) in [5, 5.41) is 10.4. The van der Waals surface area contributed by atoms with E-state index in [0.29, 0.717) is 24.7 Å². The average molecular weight is 449 g/mol. The number of carbonyl (C=O) groups excluding carboxylic acids is 2. The van der Waals surface area contributed by atoms with Crippen LogP contribution in [0.5, 0.6) is 0 Å². The highest BCUT2D eigenvalue weighted by Crippen LogP contribution is 2.65. The fraction of sp³-hybridized carbons (Fsp3) is 0.760. The molecule has 1 unspecified atom stereocenters. The molecule has 1 N–H and O–H groups in total. The summed E-state index contributed by atoms with van der Waals surface area (Å²) in [5.41, 5.74) is 2.24. The highest BCUT2D eigenvalue weighted by atomic mass is 16.7. The van der Waals surface area contributed by atoms with Crippen molar-refractivity contribution in [3.05, 3.63) is 23.3 Å². The zero-order valence-electron chi connectivity index (χ0n) is 19.8. The molecule has 0 aromatic heterocycles. The lowest BCUT2D eigenvalue weighted by Gasteiger charge is -2.56. The number of ether oxygens (including phenoxy) is 4. The van der Waals surface area contributed by atoms with Crippen LogP contribution in [0.1, 0.15) is 59.3 Å². The van der Waals surface area contributed by atoms with Crippen LogP contribution in [0.15, 0.2) is 23.3 Å². The van der Waals surface area contributed by atoms with Gasteiger partial charge >= 0.3 is 12.3 Å². The Morgan fingerprint density at radius 3 is 2.38 bits per heavy atom. The fourth-order valence-electron chi connectivity index (χ4n) is 7.45. The van der Waals surface area contributed by atoms with E-state index >= 15 is 0 Å². The monoisotopic (exact) mass is 448 g/mol. The molecule has 0 spiro atoms. The molecule has 4 aliphatic carbocycles. The third-order valence-electron chi connectivity index (χ3n) is 9.09. The molecule has 7 heteroatoms. The average Bonchev–Trinajstić information content (AvgIpc) is 3.11. The minimum atomic E-state index is -0.730. The van der Waals surface area contributed by atoms with Crippen molar-refractivity contribution >= 4 is 12.3 Å². The zero-order valence-corrected chi connectivity index (χ0v) is 19.8. The first-order valence-corrected chi connectivity index (χ1v) is 11.7. The van der Waals surface area contributed by atoms with Crippen molar-refractivity contribution in [2.24, 2.45) is 28.6 Å². The zero-order chi connectivity index (χ0) is 23.3. The number of carbonyl (C=O) groups is 2. The molecular formula is C25H36O7. The lowest BCUT2D eigenvalue weighted by atomic mass is 9.49. The van der Waals surface area contributed by atoms with Crippen LogP contribution < -0.4 is 0 Å². The number of hydrogen-bond acceptors (Lipinski definition) is 7. The Kier molecular flexibility index (Phi) is 6.07. The van der Waals surface area contributed by atoms with Crippen LogP contribution in [0.4, 0.5) is 9.59 Å². The van der Waals surface area contributed by atoms with Crippen LogP contribution in [0.2, 0.25) is 0 Å². The number of aliphatic hydroxyl groups is 1. The van der Waals surface area contributed by atoms with Gasteiger partial charge in [0.2, 0.25) is 0 Å². The molecule has 4 rings (SSSR count). The van der Waals surface area contributed by atoms with Crippen molar-refractivity contribution < 1.29 is 33.6 Å². The Morgan fingerprint density at radius 2 is 1.72 bits per heavy atom. The molecule has 0 saturated heterocycles. The Balaban J connectivity index is 1.69. The van der Waals surface area contributed by atoms with Crippen LogP contribution in [0, 0.1) is 28.6 Å². The second kappa shape index (κ2) is 8.40. The largest absolute Gasteiger partial charge is 0.508 e. The second-order valence-electron chi connectivity index (χ2n) is 10.4. The highest BCUT2D eigenvalue weighted by molar-refractivity contribution is 5.61. The molecule has 0 radical (unpaired) electrons. The maximum absolute atomic E-state index is 12.2. The summed E-state index contributed by atoms with van der Waals surface area (Å²) in [7, 11) is 2.59. The Bertz CT molecular complexity index is 830. The SMILES string of the molecule is COC(=O)O[C@@H]1CC2=CC=C3[C@@H]4CC[C@H](C(C)O)[C@@]4(C)CC[C@@H]3[C@@]2(C)[C@@H](OC(=O)OC)C1. The number of hydrogen-bond donors (Lipinski definition) is 1. The van der Waals surface area contributed by atoms with Gasteiger partial charge in [-0.2, -0.15) is 0 Å². The number of methoxy groups -OCH3 is 2. The standard InChI is InChI=1S/C25H36O7/c1-14(26)18-8-9-19-17-7-6-15-12-16(31-22(27)29-4)13-21(32-23(28)30-5)25(15,3)20(17)10-11-24(18,19)2/h6-7,14,16,18-21,26H,8-13H2,1-5H3/t14?,16-,18-,19+,20+,21+,24-,25+/m1/s1. The van der Waals surface area contributed by atoms with E-state index in [-0.39, 0.29) is 17.4 Å². The van der Waals surface area contributed by atoms with Gasteiger partial charge in [0.05, 0.1) is 20.3 Å². The molecular weight excluding hydrogens is 412 g/mol. The minimum Gasteiger partial charge on any atom is -0.438 e. The van der Waals surface area contributed by atoms with Gasteiger partial charge in [0, 0.05) is 18.3 Å². The maximum atomic E-state index is 12.2. The lowest BCUT2D eigenvalue weighted by molar-refractivity contribution is -0.0843. The van der Waals surface area contributed by atoms with Crippen LogP contribution in [0.3, 0.4) is 0 Å². The topological polar surface area (TPSA) is 91.3 Å². The van der Waals surface area contributed by atoms with E-state index in [1.54, 1.807) is 0 Å². The summed E-state index contributed by atoms with van der Waals surface area (Å²) in [6, 6.07) is 0. The van der Waals surface area contributed by atoms with E-state index in [2.05, 4.69) is 30.7 Å². The molecule has 7 nitrogen and oxygen atoms in total. The second-order valence-corrected chi connectivity index (χ2v) is 10.4. The molecule has 0 aromatic rings. The van der Waals surface area contributed by atoms with Crippen LogP contribution in [-0.4, -0.2) is 49.9 Å².